The van der Waals surface area contributed by atoms with Crippen molar-refractivity contribution in [3.05, 3.63) is 70.7 Å². The van der Waals surface area contributed by atoms with Crippen LogP contribution in [0.1, 0.15) is 22.3 Å². The molecule has 142 valence electrons. The molecule has 0 aliphatic heterocycles. The molecule has 2 amide bonds. The first kappa shape index (κ1) is 20.5. The van der Waals surface area contributed by atoms with Gasteiger partial charge in [0, 0.05) is 30.0 Å². The van der Waals surface area contributed by atoms with Crippen molar-refractivity contribution in [3.8, 4) is 0 Å². The lowest BCUT2D eigenvalue weighted by atomic mass is 10.1. The molecule has 0 aliphatic carbocycles. The van der Waals surface area contributed by atoms with E-state index >= 15 is 0 Å². The Bertz CT molecular complexity index is 778. The van der Waals surface area contributed by atoms with E-state index in [4.69, 9.17) is 16.3 Å². The van der Waals surface area contributed by atoms with Crippen molar-refractivity contribution in [1.82, 2.24) is 10.6 Å². The molecule has 1 atom stereocenters. The van der Waals surface area contributed by atoms with Crippen molar-refractivity contribution in [3.63, 3.8) is 0 Å². The fourth-order valence-corrected chi connectivity index (χ4v) is 2.57. The number of esters is 1. The summed E-state index contributed by atoms with van der Waals surface area (Å²) in [6.07, 6.45) is 0.373. The summed E-state index contributed by atoms with van der Waals surface area (Å²) in [5, 5.41) is 5.85. The highest BCUT2D eigenvalue weighted by molar-refractivity contribution is 6.30. The summed E-state index contributed by atoms with van der Waals surface area (Å²) < 4.78 is 4.76. The van der Waals surface area contributed by atoms with Gasteiger partial charge in [0.2, 0.25) is 5.91 Å². The third-order valence-electron chi connectivity index (χ3n) is 3.85. The maximum atomic E-state index is 12.1. The van der Waals surface area contributed by atoms with Gasteiger partial charge in [0.15, 0.2) is 0 Å². The second kappa shape index (κ2) is 10.3. The largest absolute Gasteiger partial charge is 0.467 e. The molecule has 0 radical (unpaired) electrons. The summed E-state index contributed by atoms with van der Waals surface area (Å²) >= 11 is 5.78. The summed E-state index contributed by atoms with van der Waals surface area (Å²) in [5.74, 6) is -1.16. The van der Waals surface area contributed by atoms with Crippen molar-refractivity contribution < 1.29 is 19.1 Å². The molecule has 0 heterocycles. The van der Waals surface area contributed by atoms with Gasteiger partial charge in [-0.3, -0.25) is 9.59 Å². The molecule has 0 fully saturated rings. The zero-order valence-electron chi connectivity index (χ0n) is 14.9. The molecule has 0 saturated heterocycles. The number of rotatable bonds is 8. The number of benzene rings is 2. The molecule has 2 rings (SSSR count). The molecule has 0 aromatic heterocycles. The maximum absolute atomic E-state index is 12.1. The van der Waals surface area contributed by atoms with Gasteiger partial charge in [0.1, 0.15) is 6.04 Å². The van der Waals surface area contributed by atoms with Crippen LogP contribution in [0.25, 0.3) is 0 Å². The Hall–Kier alpha value is -2.86. The highest BCUT2D eigenvalue weighted by Gasteiger charge is 2.21. The number of halogens is 1. The molecule has 2 N–H and O–H groups in total. The lowest BCUT2D eigenvalue weighted by Gasteiger charge is -2.16. The van der Waals surface area contributed by atoms with E-state index in [2.05, 4.69) is 10.6 Å². The number of methoxy groups -OCH3 is 1. The first-order chi connectivity index (χ1) is 13.0. The predicted octanol–water partition coefficient (Wildman–Crippen LogP) is 2.36. The number of nitrogens with one attached hydrogen (secondary N) is 2. The number of carbonyl (C=O) groups is 3. The lowest BCUT2D eigenvalue weighted by Crippen LogP contribution is -2.44. The van der Waals surface area contributed by atoms with Crippen LogP contribution in [0.4, 0.5) is 0 Å². The van der Waals surface area contributed by atoms with Gasteiger partial charge in [-0.1, -0.05) is 41.9 Å². The lowest BCUT2D eigenvalue weighted by molar-refractivity contribution is -0.145. The Labute approximate surface area is 162 Å². The van der Waals surface area contributed by atoms with E-state index in [1.807, 2.05) is 30.3 Å². The van der Waals surface area contributed by atoms with Crippen LogP contribution in [-0.2, 0) is 20.7 Å². The Morgan fingerprint density at radius 1 is 1.04 bits per heavy atom. The molecule has 1 unspecified atom stereocenters. The van der Waals surface area contributed by atoms with Crippen LogP contribution in [0.15, 0.2) is 54.6 Å². The zero-order chi connectivity index (χ0) is 19.6. The molecule has 2 aromatic rings. The Morgan fingerprint density at radius 3 is 2.33 bits per heavy atom. The average Bonchev–Trinajstić information content (AvgIpc) is 2.68. The van der Waals surface area contributed by atoms with Gasteiger partial charge in [-0.15, -0.1) is 0 Å². The predicted molar refractivity (Wildman–Crippen MR) is 102 cm³/mol. The van der Waals surface area contributed by atoms with E-state index in [0.29, 0.717) is 17.0 Å². The highest BCUT2D eigenvalue weighted by Crippen LogP contribution is 2.09. The van der Waals surface area contributed by atoms with E-state index in [1.165, 1.54) is 7.11 Å². The van der Waals surface area contributed by atoms with Crippen LogP contribution in [-0.4, -0.2) is 37.5 Å². The van der Waals surface area contributed by atoms with E-state index in [-0.39, 0.29) is 24.8 Å². The summed E-state index contributed by atoms with van der Waals surface area (Å²) in [7, 11) is 1.28. The van der Waals surface area contributed by atoms with E-state index in [9.17, 15) is 14.4 Å². The fraction of sp³-hybridized carbons (Fsp3) is 0.250. The minimum absolute atomic E-state index is 0.0433. The van der Waals surface area contributed by atoms with E-state index in [0.717, 1.165) is 5.56 Å². The molecule has 27 heavy (non-hydrogen) atoms. The van der Waals surface area contributed by atoms with Crippen molar-refractivity contribution in [2.45, 2.75) is 18.9 Å². The minimum Gasteiger partial charge on any atom is -0.467 e. The molecule has 6 nitrogen and oxygen atoms in total. The van der Waals surface area contributed by atoms with Gasteiger partial charge in [-0.2, -0.15) is 0 Å². The van der Waals surface area contributed by atoms with Gasteiger partial charge >= 0.3 is 5.97 Å². The molecule has 7 heteroatoms. The van der Waals surface area contributed by atoms with Crippen LogP contribution in [0.2, 0.25) is 5.02 Å². The summed E-state index contributed by atoms with van der Waals surface area (Å²) in [6, 6.07) is 15.0. The Morgan fingerprint density at radius 2 is 1.70 bits per heavy atom. The minimum atomic E-state index is -0.781. The molecule has 0 spiro atoms. The quantitative estimate of drug-likeness (QED) is 0.680. The van der Waals surface area contributed by atoms with Gasteiger partial charge in [0.05, 0.1) is 7.11 Å². The number of hydrogen-bond acceptors (Lipinski definition) is 4. The normalized spacial score (nSPS) is 11.3. The topological polar surface area (TPSA) is 84.5 Å². The van der Waals surface area contributed by atoms with E-state index in [1.54, 1.807) is 24.3 Å². The molecule has 0 saturated carbocycles. The van der Waals surface area contributed by atoms with Crippen molar-refractivity contribution in [2.75, 3.05) is 13.7 Å². The van der Waals surface area contributed by atoms with Crippen LogP contribution in [0.3, 0.4) is 0 Å². The van der Waals surface area contributed by atoms with Crippen LogP contribution in [0, 0.1) is 0 Å². The van der Waals surface area contributed by atoms with Crippen molar-refractivity contribution >= 4 is 29.4 Å². The fourth-order valence-electron chi connectivity index (χ4n) is 2.44. The molecule has 0 aliphatic rings. The van der Waals surface area contributed by atoms with Crippen LogP contribution < -0.4 is 10.6 Å². The van der Waals surface area contributed by atoms with Gasteiger partial charge in [0.25, 0.3) is 5.91 Å². The molecular formula is C20H21ClN2O4. The highest BCUT2D eigenvalue weighted by atomic mass is 35.5. The maximum Gasteiger partial charge on any atom is 0.328 e. The molecule has 0 bridgehead atoms. The number of hydrogen-bond donors (Lipinski definition) is 2. The third-order valence-corrected chi connectivity index (χ3v) is 4.10. The summed E-state index contributed by atoms with van der Waals surface area (Å²) in [5.41, 5.74) is 1.36. The number of carbonyl (C=O) groups excluding carboxylic acids is 3. The number of amides is 2. The Balaban J connectivity index is 1.83. The molecule has 2 aromatic carbocycles. The monoisotopic (exact) mass is 388 g/mol. The van der Waals surface area contributed by atoms with E-state index < -0.39 is 12.0 Å². The zero-order valence-corrected chi connectivity index (χ0v) is 15.7. The first-order valence-electron chi connectivity index (χ1n) is 8.44. The summed E-state index contributed by atoms with van der Waals surface area (Å²) in [4.78, 5) is 36.1. The second-order valence-electron chi connectivity index (χ2n) is 5.85. The smallest absolute Gasteiger partial charge is 0.328 e. The standard InChI is InChI=1S/C20H21ClN2O4/c1-27-20(26)17(13-14-5-3-2-4-6-14)23-18(24)11-12-22-19(25)15-7-9-16(21)10-8-15/h2-10,17H,11-13H2,1H3,(H,22,25)(H,23,24). The SMILES string of the molecule is COC(=O)C(Cc1ccccc1)NC(=O)CCNC(=O)c1ccc(Cl)cc1. The second-order valence-corrected chi connectivity index (χ2v) is 6.28. The number of ether oxygens (including phenoxy) is 1. The summed E-state index contributed by atoms with van der Waals surface area (Å²) in [6.45, 7) is 0.145. The van der Waals surface area contributed by atoms with Gasteiger partial charge in [-0.05, 0) is 29.8 Å². The first-order valence-corrected chi connectivity index (χ1v) is 8.82. The third kappa shape index (κ3) is 6.75. The van der Waals surface area contributed by atoms with Gasteiger partial charge in [-0.25, -0.2) is 4.79 Å². The Kier molecular flexibility index (Phi) is 7.82. The average molecular weight is 389 g/mol. The van der Waals surface area contributed by atoms with Crippen LogP contribution >= 0.6 is 11.6 Å². The van der Waals surface area contributed by atoms with Crippen molar-refractivity contribution in [1.29, 1.82) is 0 Å². The molecular weight excluding hydrogens is 368 g/mol. The van der Waals surface area contributed by atoms with Crippen molar-refractivity contribution in [2.24, 2.45) is 0 Å². The van der Waals surface area contributed by atoms with Crippen LogP contribution in [0.5, 0.6) is 0 Å². The van der Waals surface area contributed by atoms with Gasteiger partial charge < -0.3 is 15.4 Å².